The average molecular weight is 422 g/mol. The van der Waals surface area contributed by atoms with Crippen molar-refractivity contribution < 1.29 is 14.3 Å². The Bertz CT molecular complexity index is 1220. The number of rotatable bonds is 6. The van der Waals surface area contributed by atoms with Crippen LogP contribution in [0.5, 0.6) is 0 Å². The highest BCUT2D eigenvalue weighted by Crippen LogP contribution is 2.31. The molecule has 2 aliphatic rings. The smallest absolute Gasteiger partial charge is 0.340 e. The van der Waals surface area contributed by atoms with Crippen LogP contribution in [0.1, 0.15) is 53.3 Å². The lowest BCUT2D eigenvalue weighted by atomic mass is 10.0. The lowest BCUT2D eigenvalue weighted by molar-refractivity contribution is 0.0528. The topological polar surface area (TPSA) is 107 Å². The molecule has 1 saturated heterocycles. The summed E-state index contributed by atoms with van der Waals surface area (Å²) in [5.41, 5.74) is 1.42. The fraction of sp³-hybridized carbons (Fsp3) is 0.435. The lowest BCUT2D eigenvalue weighted by Crippen LogP contribution is -2.42. The minimum atomic E-state index is -0.496. The summed E-state index contributed by atoms with van der Waals surface area (Å²) in [7, 11) is 0. The van der Waals surface area contributed by atoms with Gasteiger partial charge in [-0.15, -0.1) is 0 Å². The van der Waals surface area contributed by atoms with Crippen molar-refractivity contribution in [3.63, 3.8) is 0 Å². The zero-order valence-corrected chi connectivity index (χ0v) is 17.5. The first-order chi connectivity index (χ1) is 15.1. The molecule has 0 bridgehead atoms. The molecule has 1 amide bonds. The van der Waals surface area contributed by atoms with Crippen LogP contribution in [0.25, 0.3) is 21.8 Å². The predicted octanol–water partition coefficient (Wildman–Crippen LogP) is 2.54. The van der Waals surface area contributed by atoms with Gasteiger partial charge in [0.2, 0.25) is 0 Å². The minimum Gasteiger partial charge on any atom is -0.462 e. The van der Waals surface area contributed by atoms with E-state index in [-0.39, 0.29) is 18.1 Å². The van der Waals surface area contributed by atoms with Crippen molar-refractivity contribution in [3.8, 4) is 0 Å². The maximum absolute atomic E-state index is 13.4. The van der Waals surface area contributed by atoms with Crippen molar-refractivity contribution in [1.29, 1.82) is 0 Å². The van der Waals surface area contributed by atoms with Crippen molar-refractivity contribution >= 4 is 33.7 Å². The van der Waals surface area contributed by atoms with E-state index in [1.807, 2.05) is 4.90 Å². The van der Waals surface area contributed by atoms with Gasteiger partial charge in [0, 0.05) is 46.7 Å². The zero-order chi connectivity index (χ0) is 21.5. The van der Waals surface area contributed by atoms with Gasteiger partial charge in [-0.2, -0.15) is 0 Å². The monoisotopic (exact) mass is 422 g/mol. The molecule has 5 rings (SSSR count). The fourth-order valence-electron chi connectivity index (χ4n) is 4.53. The van der Waals surface area contributed by atoms with Crippen molar-refractivity contribution in [3.05, 3.63) is 45.9 Å². The number of benzene rings is 1. The molecule has 3 heterocycles. The number of pyridine rings is 1. The Morgan fingerprint density at radius 1 is 1.23 bits per heavy atom. The van der Waals surface area contributed by atoms with Crippen molar-refractivity contribution in [1.82, 2.24) is 20.2 Å². The predicted molar refractivity (Wildman–Crippen MR) is 117 cm³/mol. The van der Waals surface area contributed by atoms with E-state index in [1.54, 1.807) is 25.1 Å². The number of hydrogen-bond acceptors (Lipinski definition) is 5. The normalized spacial score (nSPS) is 18.5. The number of carbonyl (C=O) groups is 2. The summed E-state index contributed by atoms with van der Waals surface area (Å²) in [6.45, 7) is 3.69. The Labute approximate surface area is 178 Å². The zero-order valence-electron chi connectivity index (χ0n) is 17.5. The Morgan fingerprint density at radius 3 is 2.77 bits per heavy atom. The SMILES string of the molecule is CCOC(=O)c1c[nH]c2c(=O)[nH]c3ccc(C(=O)N(CC4CCCN4)C4CC4)cc3c12. The molecule has 1 saturated carbocycles. The number of carbonyl (C=O) groups excluding carboxylic acids is 2. The lowest BCUT2D eigenvalue weighted by Gasteiger charge is -2.26. The summed E-state index contributed by atoms with van der Waals surface area (Å²) in [5.74, 6) is -0.505. The van der Waals surface area contributed by atoms with Crippen LogP contribution in [-0.4, -0.2) is 58.5 Å². The molecular weight excluding hydrogens is 396 g/mol. The number of aromatic nitrogens is 2. The molecule has 1 aromatic carbocycles. The van der Waals surface area contributed by atoms with Crippen LogP contribution in [0, 0.1) is 0 Å². The van der Waals surface area contributed by atoms with Gasteiger partial charge in [0.1, 0.15) is 5.52 Å². The Hall–Kier alpha value is -3.13. The summed E-state index contributed by atoms with van der Waals surface area (Å²) in [6, 6.07) is 5.91. The van der Waals surface area contributed by atoms with Crippen molar-refractivity contribution in [2.75, 3.05) is 19.7 Å². The quantitative estimate of drug-likeness (QED) is 0.529. The van der Waals surface area contributed by atoms with Gasteiger partial charge < -0.3 is 24.9 Å². The molecule has 0 spiro atoms. The van der Waals surface area contributed by atoms with Crippen LogP contribution < -0.4 is 10.9 Å². The highest BCUT2D eigenvalue weighted by molar-refractivity contribution is 6.16. The van der Waals surface area contributed by atoms with E-state index in [1.165, 1.54) is 6.20 Å². The first-order valence-corrected chi connectivity index (χ1v) is 11.0. The van der Waals surface area contributed by atoms with Gasteiger partial charge in [-0.25, -0.2) is 4.79 Å². The van der Waals surface area contributed by atoms with Crippen LogP contribution >= 0.6 is 0 Å². The van der Waals surface area contributed by atoms with E-state index < -0.39 is 5.97 Å². The molecule has 1 atom stereocenters. The summed E-state index contributed by atoms with van der Waals surface area (Å²) in [5, 5.41) is 4.62. The molecule has 2 fully saturated rings. The van der Waals surface area contributed by atoms with E-state index in [2.05, 4.69) is 15.3 Å². The van der Waals surface area contributed by atoms with Gasteiger partial charge in [0.25, 0.3) is 11.5 Å². The number of esters is 1. The van der Waals surface area contributed by atoms with Gasteiger partial charge in [0.05, 0.1) is 12.2 Å². The van der Waals surface area contributed by atoms with Crippen LogP contribution in [0.4, 0.5) is 0 Å². The largest absolute Gasteiger partial charge is 0.462 e. The van der Waals surface area contributed by atoms with Gasteiger partial charge in [-0.1, -0.05) is 0 Å². The number of H-pyrrole nitrogens is 2. The fourth-order valence-corrected chi connectivity index (χ4v) is 4.53. The van der Waals surface area contributed by atoms with Crippen molar-refractivity contribution in [2.45, 2.75) is 44.7 Å². The van der Waals surface area contributed by atoms with Gasteiger partial charge in [-0.3, -0.25) is 9.59 Å². The summed E-state index contributed by atoms with van der Waals surface area (Å²) >= 11 is 0. The minimum absolute atomic E-state index is 0.00864. The molecule has 1 unspecified atom stereocenters. The molecule has 1 aliphatic heterocycles. The highest BCUT2D eigenvalue weighted by Gasteiger charge is 2.35. The molecule has 31 heavy (non-hydrogen) atoms. The van der Waals surface area contributed by atoms with Crippen molar-refractivity contribution in [2.24, 2.45) is 0 Å². The molecule has 2 aromatic heterocycles. The molecule has 8 nitrogen and oxygen atoms in total. The highest BCUT2D eigenvalue weighted by atomic mass is 16.5. The number of nitrogens with one attached hydrogen (secondary N) is 3. The maximum Gasteiger partial charge on any atom is 0.340 e. The standard InChI is InChI=1S/C23H26N4O4/c1-2-31-23(30)17-11-25-20-19(17)16-10-13(5-8-18(16)26-21(20)28)22(29)27(15-6-7-15)12-14-4-3-9-24-14/h5,8,10-11,14-15,24-25H,2-4,6-7,9,12H2,1H3,(H,26,28). The maximum atomic E-state index is 13.4. The molecule has 1 aliphatic carbocycles. The van der Waals surface area contributed by atoms with Gasteiger partial charge >= 0.3 is 5.97 Å². The van der Waals surface area contributed by atoms with Crippen LogP contribution in [0.2, 0.25) is 0 Å². The van der Waals surface area contributed by atoms with E-state index >= 15 is 0 Å². The average Bonchev–Trinajstić information content (AvgIpc) is 3.28. The molecule has 3 aromatic rings. The molecule has 0 radical (unpaired) electrons. The summed E-state index contributed by atoms with van der Waals surface area (Å²) in [4.78, 5) is 46.1. The summed E-state index contributed by atoms with van der Waals surface area (Å²) < 4.78 is 5.16. The van der Waals surface area contributed by atoms with E-state index in [9.17, 15) is 14.4 Å². The number of nitrogens with zero attached hydrogens (tertiary/aromatic N) is 1. The van der Waals surface area contributed by atoms with Gasteiger partial charge in [0.15, 0.2) is 0 Å². The number of amides is 1. The first-order valence-electron chi connectivity index (χ1n) is 11.0. The molecular formula is C23H26N4O4. The third-order valence-corrected chi connectivity index (χ3v) is 6.21. The third-order valence-electron chi connectivity index (χ3n) is 6.21. The number of aromatic amines is 2. The Balaban J connectivity index is 1.58. The van der Waals surface area contributed by atoms with Crippen LogP contribution in [0.3, 0.4) is 0 Å². The molecule has 3 N–H and O–H groups in total. The Morgan fingerprint density at radius 2 is 2.06 bits per heavy atom. The van der Waals surface area contributed by atoms with Crippen LogP contribution in [-0.2, 0) is 4.74 Å². The summed E-state index contributed by atoms with van der Waals surface area (Å²) in [6.07, 6.45) is 5.79. The Kier molecular flexibility index (Phi) is 5.02. The second-order valence-electron chi connectivity index (χ2n) is 8.37. The van der Waals surface area contributed by atoms with Crippen LogP contribution in [0.15, 0.2) is 29.2 Å². The van der Waals surface area contributed by atoms with E-state index in [0.717, 1.165) is 32.2 Å². The first kappa shape index (κ1) is 19.8. The van der Waals surface area contributed by atoms with E-state index in [4.69, 9.17) is 4.74 Å². The third kappa shape index (κ3) is 3.61. The number of ether oxygens (including phenoxy) is 1. The van der Waals surface area contributed by atoms with Gasteiger partial charge in [-0.05, 0) is 57.4 Å². The molecule has 8 heteroatoms. The second-order valence-corrected chi connectivity index (χ2v) is 8.37. The molecule has 162 valence electrons. The second kappa shape index (κ2) is 7.85. The number of hydrogen-bond donors (Lipinski definition) is 3. The number of fused-ring (bicyclic) bond motifs is 3. The van der Waals surface area contributed by atoms with E-state index in [0.29, 0.717) is 51.6 Å².